The number of hydrogen-bond acceptors (Lipinski definition) is 4. The van der Waals surface area contributed by atoms with Crippen LogP contribution in [0, 0.1) is 0 Å². The Morgan fingerprint density at radius 3 is 2.28 bits per heavy atom. The van der Waals surface area contributed by atoms with Crippen LogP contribution < -0.4 is 5.32 Å². The maximum absolute atomic E-state index is 12.9. The van der Waals surface area contributed by atoms with Crippen molar-refractivity contribution in [1.82, 2.24) is 5.32 Å². The van der Waals surface area contributed by atoms with E-state index < -0.39 is 0 Å². The molecule has 3 nitrogen and oxygen atoms in total. The lowest BCUT2D eigenvalue weighted by Crippen LogP contribution is -2.31. The average molecular weight is 402 g/mol. The molecule has 29 heavy (non-hydrogen) atoms. The second kappa shape index (κ2) is 7.80. The van der Waals surface area contributed by atoms with E-state index in [1.165, 1.54) is 0 Å². The molecule has 1 unspecified atom stereocenters. The molecule has 3 aromatic rings. The summed E-state index contributed by atoms with van der Waals surface area (Å²) in [5.41, 5.74) is 5.23. The number of fused-ring (bicyclic) bond motifs is 1. The standard InChI is InChI=1S/C25H23NO2S/c1-15-23(16(2)27)25(20-14-29-22-12-8-7-11-19(20)22)24(17(3)28)21(26-15)13-18-9-5-4-6-10-18/h4-12,14,25-26H,13H2,1-3H3. The second-order valence-electron chi connectivity index (χ2n) is 7.45. The largest absolute Gasteiger partial charge is 0.362 e. The Morgan fingerprint density at radius 2 is 1.59 bits per heavy atom. The summed E-state index contributed by atoms with van der Waals surface area (Å²) in [7, 11) is 0. The van der Waals surface area contributed by atoms with Crippen LogP contribution in [0.2, 0.25) is 0 Å². The number of allylic oxidation sites excluding steroid dienone is 4. The fourth-order valence-corrected chi connectivity index (χ4v) is 5.24. The number of carbonyl (C=O) groups is 2. The lowest BCUT2D eigenvalue weighted by molar-refractivity contribution is -0.114. The highest BCUT2D eigenvalue weighted by Crippen LogP contribution is 2.43. The van der Waals surface area contributed by atoms with Crippen molar-refractivity contribution >= 4 is 33.0 Å². The number of thiophene rings is 1. The van der Waals surface area contributed by atoms with E-state index in [9.17, 15) is 9.59 Å². The Hall–Kier alpha value is -2.98. The minimum atomic E-state index is -0.346. The topological polar surface area (TPSA) is 46.2 Å². The molecule has 0 aliphatic carbocycles. The van der Waals surface area contributed by atoms with Crippen LogP contribution in [-0.4, -0.2) is 11.6 Å². The number of dihydropyridines is 1. The van der Waals surface area contributed by atoms with Gasteiger partial charge in [0.25, 0.3) is 0 Å². The first kappa shape index (κ1) is 19.3. The molecule has 1 aliphatic heterocycles. The van der Waals surface area contributed by atoms with Gasteiger partial charge >= 0.3 is 0 Å². The van der Waals surface area contributed by atoms with Gasteiger partial charge in [0.1, 0.15) is 0 Å². The van der Waals surface area contributed by atoms with Crippen molar-refractivity contribution in [2.75, 3.05) is 0 Å². The molecule has 0 fully saturated rings. The van der Waals surface area contributed by atoms with Crippen LogP contribution in [0.1, 0.15) is 37.8 Å². The van der Waals surface area contributed by atoms with Gasteiger partial charge < -0.3 is 5.32 Å². The van der Waals surface area contributed by atoms with Gasteiger partial charge in [0.05, 0.1) is 0 Å². The van der Waals surface area contributed by atoms with E-state index in [4.69, 9.17) is 0 Å². The maximum atomic E-state index is 12.9. The number of ketones is 2. The van der Waals surface area contributed by atoms with E-state index in [0.29, 0.717) is 17.6 Å². The van der Waals surface area contributed by atoms with Crippen LogP contribution in [-0.2, 0) is 16.0 Å². The zero-order valence-corrected chi connectivity index (χ0v) is 17.6. The lowest BCUT2D eigenvalue weighted by Gasteiger charge is -2.31. The summed E-state index contributed by atoms with van der Waals surface area (Å²) < 4.78 is 1.16. The van der Waals surface area contributed by atoms with Gasteiger partial charge in [-0.3, -0.25) is 9.59 Å². The third kappa shape index (κ3) is 3.56. The Bertz CT molecular complexity index is 1170. The van der Waals surface area contributed by atoms with Gasteiger partial charge in [-0.25, -0.2) is 0 Å². The molecule has 1 N–H and O–H groups in total. The summed E-state index contributed by atoms with van der Waals surface area (Å²) in [5.74, 6) is -0.358. The van der Waals surface area contributed by atoms with Crippen molar-refractivity contribution in [3.8, 4) is 0 Å². The predicted molar refractivity (Wildman–Crippen MR) is 119 cm³/mol. The lowest BCUT2D eigenvalue weighted by atomic mass is 9.77. The monoisotopic (exact) mass is 401 g/mol. The molecule has 0 saturated heterocycles. The third-order valence-electron chi connectivity index (χ3n) is 5.45. The van der Waals surface area contributed by atoms with Gasteiger partial charge in [0, 0.05) is 39.6 Å². The molecule has 2 heterocycles. The number of hydrogen-bond donors (Lipinski definition) is 1. The van der Waals surface area contributed by atoms with Gasteiger partial charge in [-0.15, -0.1) is 11.3 Å². The van der Waals surface area contributed by atoms with Crippen LogP contribution in [0.3, 0.4) is 0 Å². The van der Waals surface area contributed by atoms with Crippen molar-refractivity contribution in [2.24, 2.45) is 0 Å². The highest BCUT2D eigenvalue weighted by atomic mass is 32.1. The van der Waals surface area contributed by atoms with E-state index in [2.05, 4.69) is 35.0 Å². The molecule has 0 bridgehead atoms. The molecule has 0 amide bonds. The first-order valence-electron chi connectivity index (χ1n) is 9.70. The minimum absolute atomic E-state index is 0.00466. The summed E-state index contributed by atoms with van der Waals surface area (Å²) in [6.07, 6.45) is 0.622. The summed E-state index contributed by atoms with van der Waals surface area (Å²) in [4.78, 5) is 25.5. The smallest absolute Gasteiger partial charge is 0.158 e. The number of Topliss-reactive ketones (excluding diaryl/α,β-unsaturated/α-hetero) is 2. The van der Waals surface area contributed by atoms with Crippen molar-refractivity contribution < 1.29 is 9.59 Å². The van der Waals surface area contributed by atoms with E-state index in [1.54, 1.807) is 25.2 Å². The highest BCUT2D eigenvalue weighted by Gasteiger charge is 2.35. The molecule has 4 heteroatoms. The molecule has 1 atom stereocenters. The van der Waals surface area contributed by atoms with Crippen molar-refractivity contribution in [3.05, 3.63) is 93.6 Å². The van der Waals surface area contributed by atoms with Crippen molar-refractivity contribution in [3.63, 3.8) is 0 Å². The molecule has 1 aromatic heterocycles. The molecule has 0 radical (unpaired) electrons. The maximum Gasteiger partial charge on any atom is 0.158 e. The number of rotatable bonds is 5. The van der Waals surface area contributed by atoms with E-state index in [0.717, 1.165) is 32.6 Å². The predicted octanol–water partition coefficient (Wildman–Crippen LogP) is 5.54. The van der Waals surface area contributed by atoms with E-state index >= 15 is 0 Å². The average Bonchev–Trinajstić information content (AvgIpc) is 3.11. The van der Waals surface area contributed by atoms with Crippen molar-refractivity contribution in [1.29, 1.82) is 0 Å². The van der Waals surface area contributed by atoms with Gasteiger partial charge in [-0.1, -0.05) is 48.5 Å². The quantitative estimate of drug-likeness (QED) is 0.611. The molecule has 2 aromatic carbocycles. The SMILES string of the molecule is CC(=O)C1=C(C)NC(Cc2ccccc2)=C(C(C)=O)C1c1csc2ccccc12. The van der Waals surface area contributed by atoms with Crippen LogP contribution >= 0.6 is 11.3 Å². The van der Waals surface area contributed by atoms with Gasteiger partial charge in [0.15, 0.2) is 11.6 Å². The number of carbonyl (C=O) groups excluding carboxylic acids is 2. The minimum Gasteiger partial charge on any atom is -0.362 e. The van der Waals surface area contributed by atoms with Crippen LogP contribution in [0.15, 0.2) is 82.5 Å². The molecule has 1 aliphatic rings. The van der Waals surface area contributed by atoms with Crippen LogP contribution in [0.4, 0.5) is 0 Å². The molecule has 0 saturated carbocycles. The van der Waals surface area contributed by atoms with E-state index in [1.807, 2.05) is 37.3 Å². The second-order valence-corrected chi connectivity index (χ2v) is 8.36. The molecular formula is C25H23NO2S. The Kier molecular flexibility index (Phi) is 5.20. The van der Waals surface area contributed by atoms with Gasteiger partial charge in [-0.2, -0.15) is 0 Å². The normalized spacial score (nSPS) is 16.9. The Balaban J connectivity index is 1.94. The fourth-order valence-electron chi connectivity index (χ4n) is 4.25. The van der Waals surface area contributed by atoms with E-state index in [-0.39, 0.29) is 17.5 Å². The van der Waals surface area contributed by atoms with Gasteiger partial charge in [0.2, 0.25) is 0 Å². The molecule has 0 spiro atoms. The van der Waals surface area contributed by atoms with Gasteiger partial charge in [-0.05, 0) is 48.7 Å². The molecule has 146 valence electrons. The van der Waals surface area contributed by atoms with Crippen LogP contribution in [0.5, 0.6) is 0 Å². The fraction of sp³-hybridized carbons (Fsp3) is 0.200. The first-order valence-corrected chi connectivity index (χ1v) is 10.6. The molecule has 4 rings (SSSR count). The number of benzene rings is 2. The Labute approximate surface area is 174 Å². The summed E-state index contributed by atoms with van der Waals surface area (Å²) in [6.45, 7) is 5.12. The van der Waals surface area contributed by atoms with Crippen molar-refractivity contribution in [2.45, 2.75) is 33.1 Å². The first-order chi connectivity index (χ1) is 14.0. The number of nitrogens with one attached hydrogen (secondary N) is 1. The zero-order valence-electron chi connectivity index (χ0n) is 16.8. The summed E-state index contributed by atoms with van der Waals surface area (Å²) >= 11 is 1.65. The molecular weight excluding hydrogens is 378 g/mol. The summed E-state index contributed by atoms with van der Waals surface area (Å²) in [5, 5.41) is 6.59. The zero-order chi connectivity index (χ0) is 20.5. The Morgan fingerprint density at radius 1 is 0.931 bits per heavy atom. The van der Waals surface area contributed by atoms with Crippen LogP contribution in [0.25, 0.3) is 10.1 Å². The summed E-state index contributed by atoms with van der Waals surface area (Å²) in [6, 6.07) is 18.3. The third-order valence-corrected chi connectivity index (χ3v) is 6.43. The highest BCUT2D eigenvalue weighted by molar-refractivity contribution is 7.17.